The van der Waals surface area contributed by atoms with Crippen LogP contribution in [0.15, 0.2) is 18.3 Å². The quantitative estimate of drug-likeness (QED) is 0.648. The van der Waals surface area contributed by atoms with Gasteiger partial charge in [0, 0.05) is 19.7 Å². The molecule has 1 N–H and O–H groups in total. The Kier molecular flexibility index (Phi) is 6.07. The van der Waals surface area contributed by atoms with Crippen molar-refractivity contribution in [3.63, 3.8) is 0 Å². The summed E-state index contributed by atoms with van der Waals surface area (Å²) in [6.07, 6.45) is 4.35. The normalized spacial score (nSPS) is 14.6. The fraction of sp³-hybridized carbons (Fsp3) is 0.643. The number of aromatic nitrogens is 1. The molecule has 1 saturated carbocycles. The molecule has 1 aromatic rings. The lowest BCUT2D eigenvalue weighted by atomic mass is 10.3. The van der Waals surface area contributed by atoms with E-state index in [1.54, 1.807) is 13.3 Å². The predicted molar refractivity (Wildman–Crippen MR) is 72.3 cm³/mol. The Morgan fingerprint density at radius 1 is 1.21 bits per heavy atom. The molecule has 0 amide bonds. The summed E-state index contributed by atoms with van der Waals surface area (Å²) < 4.78 is 15.7. The van der Waals surface area contributed by atoms with Gasteiger partial charge in [-0.05, 0) is 25.0 Å². The zero-order valence-corrected chi connectivity index (χ0v) is 11.4. The topological polar surface area (TPSA) is 52.6 Å². The fourth-order valence-electron chi connectivity index (χ4n) is 1.60. The molecular formula is C14H22N2O3. The molecule has 1 heterocycles. The Balaban J connectivity index is 1.58. The minimum atomic E-state index is 0.533. The van der Waals surface area contributed by atoms with Gasteiger partial charge in [0.15, 0.2) is 0 Å². The zero-order valence-electron chi connectivity index (χ0n) is 11.4. The van der Waals surface area contributed by atoms with Crippen LogP contribution in [-0.4, -0.2) is 44.6 Å². The monoisotopic (exact) mass is 266 g/mol. The first kappa shape index (κ1) is 14.2. The van der Waals surface area contributed by atoms with Gasteiger partial charge < -0.3 is 19.5 Å². The van der Waals surface area contributed by atoms with E-state index in [9.17, 15) is 0 Å². The van der Waals surface area contributed by atoms with Crippen molar-refractivity contribution in [2.24, 2.45) is 0 Å². The van der Waals surface area contributed by atoms with Crippen molar-refractivity contribution in [3.05, 3.63) is 24.0 Å². The number of hydrogen-bond acceptors (Lipinski definition) is 5. The number of nitrogens with one attached hydrogen (secondary N) is 1. The Morgan fingerprint density at radius 2 is 2.05 bits per heavy atom. The molecule has 0 atom stereocenters. The Bertz CT molecular complexity index is 352. The van der Waals surface area contributed by atoms with Crippen LogP contribution in [0.25, 0.3) is 0 Å². The molecule has 1 aliphatic rings. The predicted octanol–water partition coefficient (Wildman–Crippen LogP) is 1.38. The van der Waals surface area contributed by atoms with Crippen molar-refractivity contribution in [1.82, 2.24) is 10.3 Å². The van der Waals surface area contributed by atoms with Crippen molar-refractivity contribution >= 4 is 0 Å². The van der Waals surface area contributed by atoms with Crippen LogP contribution in [0.1, 0.15) is 18.5 Å². The molecule has 1 aromatic heterocycles. The highest BCUT2D eigenvalue weighted by Crippen LogP contribution is 2.19. The van der Waals surface area contributed by atoms with Crippen molar-refractivity contribution in [2.45, 2.75) is 25.4 Å². The van der Waals surface area contributed by atoms with E-state index in [2.05, 4.69) is 10.3 Å². The molecule has 1 fully saturated rings. The zero-order chi connectivity index (χ0) is 13.3. The van der Waals surface area contributed by atoms with Gasteiger partial charge in [-0.25, -0.2) is 0 Å². The Hall–Kier alpha value is -1.17. The number of ether oxygens (including phenoxy) is 3. The highest BCUT2D eigenvalue weighted by molar-refractivity contribution is 5.19. The number of rotatable bonds is 10. The van der Waals surface area contributed by atoms with Gasteiger partial charge in [0.1, 0.15) is 12.4 Å². The molecule has 0 aliphatic heterocycles. The molecule has 106 valence electrons. The summed E-state index contributed by atoms with van der Waals surface area (Å²) in [5.41, 5.74) is 1.05. The molecule has 5 heteroatoms. The summed E-state index contributed by atoms with van der Waals surface area (Å²) >= 11 is 0. The first-order valence-electron chi connectivity index (χ1n) is 6.76. The standard InChI is InChI=1S/C14H22N2O3/c1-17-6-7-18-8-9-19-14-5-4-13(16-11-14)10-15-12-2-3-12/h4-5,11-12,15H,2-3,6-10H2,1H3. The first-order valence-corrected chi connectivity index (χ1v) is 6.76. The van der Waals surface area contributed by atoms with Gasteiger partial charge >= 0.3 is 0 Å². The van der Waals surface area contributed by atoms with Crippen LogP contribution in [0.5, 0.6) is 5.75 Å². The molecule has 0 unspecified atom stereocenters. The minimum absolute atomic E-state index is 0.533. The molecule has 5 nitrogen and oxygen atoms in total. The van der Waals surface area contributed by atoms with Crippen molar-refractivity contribution in [2.75, 3.05) is 33.5 Å². The second kappa shape index (κ2) is 8.09. The Labute approximate surface area is 114 Å². The molecular weight excluding hydrogens is 244 g/mol. The number of pyridine rings is 1. The summed E-state index contributed by atoms with van der Waals surface area (Å²) in [6.45, 7) is 3.15. The second-order valence-electron chi connectivity index (χ2n) is 4.59. The van der Waals surface area contributed by atoms with E-state index in [4.69, 9.17) is 14.2 Å². The number of nitrogens with zero attached hydrogens (tertiary/aromatic N) is 1. The summed E-state index contributed by atoms with van der Waals surface area (Å²) in [6, 6.07) is 4.66. The highest BCUT2D eigenvalue weighted by atomic mass is 16.5. The largest absolute Gasteiger partial charge is 0.490 e. The summed E-state index contributed by atoms with van der Waals surface area (Å²) in [7, 11) is 1.66. The SMILES string of the molecule is COCCOCCOc1ccc(CNC2CC2)nc1. The van der Waals surface area contributed by atoms with E-state index in [0.717, 1.165) is 18.0 Å². The van der Waals surface area contributed by atoms with Gasteiger partial charge in [-0.15, -0.1) is 0 Å². The van der Waals surface area contributed by atoms with E-state index in [1.807, 2.05) is 12.1 Å². The van der Waals surface area contributed by atoms with Crippen molar-refractivity contribution in [1.29, 1.82) is 0 Å². The summed E-state index contributed by atoms with van der Waals surface area (Å²) in [4.78, 5) is 4.36. The average molecular weight is 266 g/mol. The van der Waals surface area contributed by atoms with Crippen molar-refractivity contribution < 1.29 is 14.2 Å². The minimum Gasteiger partial charge on any atom is -0.490 e. The molecule has 0 bridgehead atoms. The van der Waals surface area contributed by atoms with Gasteiger partial charge in [0.25, 0.3) is 0 Å². The van der Waals surface area contributed by atoms with Crippen molar-refractivity contribution in [3.8, 4) is 5.75 Å². The maximum atomic E-state index is 5.53. The fourth-order valence-corrected chi connectivity index (χ4v) is 1.60. The summed E-state index contributed by atoms with van der Waals surface area (Å²) in [5, 5.41) is 3.43. The second-order valence-corrected chi connectivity index (χ2v) is 4.59. The maximum absolute atomic E-state index is 5.53. The molecule has 0 aromatic carbocycles. The third kappa shape index (κ3) is 6.00. The van der Waals surface area contributed by atoms with Gasteiger partial charge in [0.2, 0.25) is 0 Å². The molecule has 1 aliphatic carbocycles. The van der Waals surface area contributed by atoms with Crippen LogP contribution in [0.4, 0.5) is 0 Å². The molecule has 0 spiro atoms. The summed E-state index contributed by atoms with van der Waals surface area (Å²) in [5.74, 6) is 0.783. The van der Waals surface area contributed by atoms with Crippen LogP contribution in [0.3, 0.4) is 0 Å². The average Bonchev–Trinajstić information content (AvgIpc) is 3.26. The molecule has 0 radical (unpaired) electrons. The van der Waals surface area contributed by atoms with E-state index >= 15 is 0 Å². The maximum Gasteiger partial charge on any atom is 0.137 e. The van der Waals surface area contributed by atoms with Crippen LogP contribution in [-0.2, 0) is 16.0 Å². The Morgan fingerprint density at radius 3 is 2.74 bits per heavy atom. The van der Waals surface area contributed by atoms with Gasteiger partial charge in [-0.1, -0.05) is 0 Å². The van der Waals surface area contributed by atoms with Crippen LogP contribution < -0.4 is 10.1 Å². The van der Waals surface area contributed by atoms with E-state index in [0.29, 0.717) is 32.5 Å². The van der Waals surface area contributed by atoms with Crippen LogP contribution in [0, 0.1) is 0 Å². The first-order chi connectivity index (χ1) is 9.38. The number of methoxy groups -OCH3 is 1. The van der Waals surface area contributed by atoms with E-state index in [-0.39, 0.29) is 0 Å². The highest BCUT2D eigenvalue weighted by Gasteiger charge is 2.19. The van der Waals surface area contributed by atoms with Gasteiger partial charge in [-0.2, -0.15) is 0 Å². The molecule has 19 heavy (non-hydrogen) atoms. The number of hydrogen-bond donors (Lipinski definition) is 1. The van der Waals surface area contributed by atoms with Gasteiger partial charge in [-0.3, -0.25) is 4.98 Å². The lowest BCUT2D eigenvalue weighted by Gasteiger charge is -2.07. The van der Waals surface area contributed by atoms with E-state index < -0.39 is 0 Å². The molecule has 2 rings (SSSR count). The lowest BCUT2D eigenvalue weighted by molar-refractivity contribution is 0.0543. The third-order valence-corrected chi connectivity index (χ3v) is 2.88. The van der Waals surface area contributed by atoms with Crippen LogP contribution >= 0.6 is 0 Å². The van der Waals surface area contributed by atoms with Crippen LogP contribution in [0.2, 0.25) is 0 Å². The molecule has 0 saturated heterocycles. The lowest BCUT2D eigenvalue weighted by Crippen LogP contribution is -2.16. The van der Waals surface area contributed by atoms with Gasteiger partial charge in [0.05, 0.1) is 31.7 Å². The smallest absolute Gasteiger partial charge is 0.137 e. The van der Waals surface area contributed by atoms with E-state index in [1.165, 1.54) is 12.8 Å². The third-order valence-electron chi connectivity index (χ3n) is 2.88.